The second-order valence-corrected chi connectivity index (χ2v) is 3.62. The number of likely N-dealkylation sites (N-methyl/N-ethyl adjacent to an activating group) is 1. The van der Waals surface area contributed by atoms with Crippen molar-refractivity contribution < 1.29 is 4.74 Å². The molecule has 0 rings (SSSR count). The summed E-state index contributed by atoms with van der Waals surface area (Å²) in [7, 11) is 3.76. The van der Waals surface area contributed by atoms with Gasteiger partial charge in [0.2, 0.25) is 0 Å². The lowest BCUT2D eigenvalue weighted by Crippen LogP contribution is -2.41. The van der Waals surface area contributed by atoms with E-state index in [9.17, 15) is 0 Å². The van der Waals surface area contributed by atoms with Crippen LogP contribution in [0.5, 0.6) is 0 Å². The van der Waals surface area contributed by atoms with Crippen molar-refractivity contribution in [3.8, 4) is 0 Å². The molecule has 0 saturated heterocycles. The molecule has 3 nitrogen and oxygen atoms in total. The molecule has 78 valence electrons. The molecule has 0 bridgehead atoms. The topological polar surface area (TPSA) is 38.5 Å². The van der Waals surface area contributed by atoms with Crippen molar-refractivity contribution in [3.63, 3.8) is 0 Å². The second-order valence-electron chi connectivity index (χ2n) is 3.15. The zero-order valence-corrected chi connectivity index (χ0v) is 9.56. The molecule has 0 heterocycles. The summed E-state index contributed by atoms with van der Waals surface area (Å²) >= 11 is 4.98. The summed E-state index contributed by atoms with van der Waals surface area (Å²) in [4.78, 5) is 2.77. The highest BCUT2D eigenvalue weighted by molar-refractivity contribution is 7.80. The fraction of sp³-hybridized carbons (Fsp3) is 0.889. The van der Waals surface area contributed by atoms with Crippen molar-refractivity contribution in [2.75, 3.05) is 27.3 Å². The minimum atomic E-state index is 0.229. The molecule has 0 spiro atoms. The van der Waals surface area contributed by atoms with E-state index in [0.29, 0.717) is 4.99 Å². The van der Waals surface area contributed by atoms with Gasteiger partial charge in [0.25, 0.3) is 0 Å². The van der Waals surface area contributed by atoms with Gasteiger partial charge in [-0.05, 0) is 19.9 Å². The number of thiocarbonyl (C=S) groups is 1. The maximum absolute atomic E-state index is 5.61. The molecule has 0 aliphatic carbocycles. The highest BCUT2D eigenvalue weighted by Crippen LogP contribution is 2.02. The highest BCUT2D eigenvalue weighted by atomic mass is 32.1. The first-order valence-electron chi connectivity index (χ1n) is 4.62. The van der Waals surface area contributed by atoms with Crippen molar-refractivity contribution in [1.29, 1.82) is 0 Å². The van der Waals surface area contributed by atoms with Gasteiger partial charge in [-0.15, -0.1) is 0 Å². The van der Waals surface area contributed by atoms with E-state index in [-0.39, 0.29) is 6.04 Å². The average Bonchev–Trinajstić information content (AvgIpc) is 2.05. The van der Waals surface area contributed by atoms with Crippen LogP contribution in [0.15, 0.2) is 0 Å². The molecule has 0 aliphatic heterocycles. The molecule has 13 heavy (non-hydrogen) atoms. The molecular formula is C9H20N2OS. The van der Waals surface area contributed by atoms with Crippen LogP contribution in [0, 0.1) is 0 Å². The maximum Gasteiger partial charge on any atom is 0.0901 e. The van der Waals surface area contributed by atoms with Gasteiger partial charge in [0.1, 0.15) is 0 Å². The molecule has 1 atom stereocenters. The largest absolute Gasteiger partial charge is 0.392 e. The Morgan fingerprint density at radius 3 is 2.62 bits per heavy atom. The smallest absolute Gasteiger partial charge is 0.0901 e. The van der Waals surface area contributed by atoms with E-state index in [2.05, 4.69) is 11.8 Å². The van der Waals surface area contributed by atoms with Gasteiger partial charge in [0.15, 0.2) is 0 Å². The van der Waals surface area contributed by atoms with Crippen molar-refractivity contribution in [2.24, 2.45) is 5.73 Å². The van der Waals surface area contributed by atoms with Crippen LogP contribution in [0.4, 0.5) is 0 Å². The first-order valence-corrected chi connectivity index (χ1v) is 5.02. The standard InChI is InChI=1S/C9H20N2OS/c1-4-8(9(10)13)11(2)6-5-7-12-3/h8H,4-7H2,1-3H3,(H2,10,13). The molecule has 0 aliphatic rings. The van der Waals surface area contributed by atoms with E-state index in [1.807, 2.05) is 7.05 Å². The summed E-state index contributed by atoms with van der Waals surface area (Å²) in [5, 5.41) is 0. The molecule has 1 unspecified atom stereocenters. The monoisotopic (exact) mass is 204 g/mol. The van der Waals surface area contributed by atoms with Crippen molar-refractivity contribution in [2.45, 2.75) is 25.8 Å². The van der Waals surface area contributed by atoms with Gasteiger partial charge in [0, 0.05) is 20.3 Å². The maximum atomic E-state index is 5.61. The molecule has 0 fully saturated rings. The Morgan fingerprint density at radius 2 is 2.23 bits per heavy atom. The number of ether oxygens (including phenoxy) is 1. The molecule has 0 aromatic rings. The first kappa shape index (κ1) is 12.8. The second kappa shape index (κ2) is 7.24. The van der Waals surface area contributed by atoms with E-state index in [1.54, 1.807) is 7.11 Å². The molecule has 2 N–H and O–H groups in total. The fourth-order valence-electron chi connectivity index (χ4n) is 1.34. The zero-order chi connectivity index (χ0) is 10.3. The van der Waals surface area contributed by atoms with Crippen LogP contribution in [-0.2, 0) is 4.74 Å². The quantitative estimate of drug-likeness (QED) is 0.496. The van der Waals surface area contributed by atoms with Crippen LogP contribution < -0.4 is 5.73 Å². The molecule has 0 saturated carbocycles. The summed E-state index contributed by atoms with van der Waals surface area (Å²) in [6, 6.07) is 0.229. The van der Waals surface area contributed by atoms with Crippen LogP contribution in [0.2, 0.25) is 0 Å². The Kier molecular flexibility index (Phi) is 7.13. The van der Waals surface area contributed by atoms with Crippen LogP contribution in [0.1, 0.15) is 19.8 Å². The summed E-state index contributed by atoms with van der Waals surface area (Å²) in [6.07, 6.45) is 1.99. The summed E-state index contributed by atoms with van der Waals surface area (Å²) < 4.78 is 4.98. The Labute approximate surface area is 86.2 Å². The fourth-order valence-corrected chi connectivity index (χ4v) is 1.69. The van der Waals surface area contributed by atoms with E-state index in [4.69, 9.17) is 22.7 Å². The number of rotatable bonds is 7. The third-order valence-corrected chi connectivity index (χ3v) is 2.38. The third kappa shape index (κ3) is 5.18. The van der Waals surface area contributed by atoms with Crippen molar-refractivity contribution >= 4 is 17.2 Å². The Morgan fingerprint density at radius 1 is 1.62 bits per heavy atom. The van der Waals surface area contributed by atoms with Gasteiger partial charge in [-0.25, -0.2) is 0 Å². The first-order chi connectivity index (χ1) is 6.13. The van der Waals surface area contributed by atoms with Gasteiger partial charge in [-0.2, -0.15) is 0 Å². The van der Waals surface area contributed by atoms with E-state index >= 15 is 0 Å². The molecule has 0 amide bonds. The Bertz CT molecular complexity index is 153. The van der Waals surface area contributed by atoms with Crippen molar-refractivity contribution in [3.05, 3.63) is 0 Å². The van der Waals surface area contributed by atoms with Gasteiger partial charge < -0.3 is 10.5 Å². The lowest BCUT2D eigenvalue weighted by Gasteiger charge is -2.25. The van der Waals surface area contributed by atoms with E-state index in [1.165, 1.54) is 0 Å². The predicted octanol–water partition coefficient (Wildman–Crippen LogP) is 1.02. The third-order valence-electron chi connectivity index (χ3n) is 2.11. The lowest BCUT2D eigenvalue weighted by atomic mass is 10.2. The van der Waals surface area contributed by atoms with Gasteiger partial charge in [-0.1, -0.05) is 19.1 Å². The molecular weight excluding hydrogens is 184 g/mol. The highest BCUT2D eigenvalue weighted by Gasteiger charge is 2.14. The van der Waals surface area contributed by atoms with E-state index < -0.39 is 0 Å². The summed E-state index contributed by atoms with van der Waals surface area (Å²) in [5.74, 6) is 0. The average molecular weight is 204 g/mol. The minimum Gasteiger partial charge on any atom is -0.392 e. The molecule has 4 heteroatoms. The van der Waals surface area contributed by atoms with Crippen LogP contribution >= 0.6 is 12.2 Å². The number of methoxy groups -OCH3 is 1. The van der Waals surface area contributed by atoms with E-state index in [0.717, 1.165) is 26.0 Å². The number of nitrogens with zero attached hydrogens (tertiary/aromatic N) is 1. The summed E-state index contributed by atoms with van der Waals surface area (Å²) in [5.41, 5.74) is 5.61. The normalized spacial score (nSPS) is 13.2. The molecule has 0 aromatic heterocycles. The van der Waals surface area contributed by atoms with Gasteiger partial charge in [0.05, 0.1) is 11.0 Å². The number of hydrogen-bond acceptors (Lipinski definition) is 3. The number of nitrogens with two attached hydrogens (primary N) is 1. The summed E-state index contributed by atoms with van der Waals surface area (Å²) in [6.45, 7) is 3.86. The van der Waals surface area contributed by atoms with Crippen LogP contribution in [0.3, 0.4) is 0 Å². The molecule has 0 aromatic carbocycles. The Hall–Kier alpha value is -0.190. The minimum absolute atomic E-state index is 0.229. The SMILES string of the molecule is CCC(C(N)=S)N(C)CCCOC. The predicted molar refractivity (Wildman–Crippen MR) is 60.0 cm³/mol. The van der Waals surface area contributed by atoms with Crippen molar-refractivity contribution in [1.82, 2.24) is 4.90 Å². The van der Waals surface area contributed by atoms with Crippen LogP contribution in [-0.4, -0.2) is 43.2 Å². The molecule has 0 radical (unpaired) electrons. The Balaban J connectivity index is 3.77. The lowest BCUT2D eigenvalue weighted by molar-refractivity contribution is 0.174. The zero-order valence-electron chi connectivity index (χ0n) is 8.75. The van der Waals surface area contributed by atoms with Gasteiger partial charge >= 0.3 is 0 Å². The van der Waals surface area contributed by atoms with Gasteiger partial charge in [-0.3, -0.25) is 4.90 Å². The number of hydrogen-bond donors (Lipinski definition) is 1. The van der Waals surface area contributed by atoms with Crippen LogP contribution in [0.25, 0.3) is 0 Å².